The zero-order valence-electron chi connectivity index (χ0n) is 9.69. The number of hydrogen-bond donors (Lipinski definition) is 1. The molecule has 0 spiro atoms. The van der Waals surface area contributed by atoms with Crippen LogP contribution in [0, 0.1) is 0 Å². The molecule has 1 heterocycles. The molecule has 1 atom stereocenters. The number of para-hydroxylation sites is 1. The summed E-state index contributed by atoms with van der Waals surface area (Å²) in [5.41, 5.74) is 8.15. The van der Waals surface area contributed by atoms with Gasteiger partial charge in [0.25, 0.3) is 0 Å². The Bertz CT molecular complexity index is 465. The van der Waals surface area contributed by atoms with E-state index in [0.29, 0.717) is 0 Å². The van der Waals surface area contributed by atoms with Gasteiger partial charge < -0.3 is 5.73 Å². The van der Waals surface area contributed by atoms with Crippen LogP contribution in [0.1, 0.15) is 37.9 Å². The smallest absolute Gasteiger partial charge is 0.0706 e. The Kier molecular flexibility index (Phi) is 3.52. The summed E-state index contributed by atoms with van der Waals surface area (Å²) in [6.07, 6.45) is 3.36. The Balaban J connectivity index is 2.25. The number of fused-ring (bicyclic) bond motifs is 1. The van der Waals surface area contributed by atoms with E-state index in [9.17, 15) is 0 Å². The molecule has 0 aliphatic heterocycles. The standard InChI is InChI=1S/C14H18N2/c1-2-3-7-12(15)14-10-9-11-6-4-5-8-13(11)16-14/h4-6,8-10,12H,2-3,7,15H2,1H3/t12-/m1/s1. The Hall–Kier alpha value is -1.41. The molecule has 2 heteroatoms. The van der Waals surface area contributed by atoms with Gasteiger partial charge in [0.1, 0.15) is 0 Å². The van der Waals surface area contributed by atoms with Crippen molar-refractivity contribution in [1.82, 2.24) is 4.98 Å². The van der Waals surface area contributed by atoms with Crippen LogP contribution >= 0.6 is 0 Å². The Morgan fingerprint density at radius 1 is 1.19 bits per heavy atom. The summed E-state index contributed by atoms with van der Waals surface area (Å²) in [6, 6.07) is 12.4. The van der Waals surface area contributed by atoms with Crippen molar-refractivity contribution in [2.75, 3.05) is 0 Å². The normalized spacial score (nSPS) is 12.9. The zero-order valence-corrected chi connectivity index (χ0v) is 9.69. The van der Waals surface area contributed by atoms with Crippen molar-refractivity contribution >= 4 is 10.9 Å². The van der Waals surface area contributed by atoms with Gasteiger partial charge in [-0.05, 0) is 18.6 Å². The summed E-state index contributed by atoms with van der Waals surface area (Å²) in [4.78, 5) is 4.60. The van der Waals surface area contributed by atoms with Crippen LogP contribution in [0.2, 0.25) is 0 Å². The molecule has 0 saturated heterocycles. The van der Waals surface area contributed by atoms with E-state index < -0.39 is 0 Å². The van der Waals surface area contributed by atoms with E-state index in [1.807, 2.05) is 24.3 Å². The van der Waals surface area contributed by atoms with Crippen LogP contribution in [0.25, 0.3) is 10.9 Å². The SMILES string of the molecule is CCCC[C@@H](N)c1ccc2ccccc2n1. The molecule has 0 radical (unpaired) electrons. The molecule has 0 aliphatic rings. The van der Waals surface area contributed by atoms with E-state index in [2.05, 4.69) is 24.0 Å². The predicted molar refractivity (Wildman–Crippen MR) is 68.2 cm³/mol. The highest BCUT2D eigenvalue weighted by Gasteiger charge is 2.07. The highest BCUT2D eigenvalue weighted by molar-refractivity contribution is 5.78. The van der Waals surface area contributed by atoms with Gasteiger partial charge in [0.15, 0.2) is 0 Å². The molecule has 2 rings (SSSR count). The zero-order chi connectivity index (χ0) is 11.4. The average Bonchev–Trinajstić information content (AvgIpc) is 2.35. The molecule has 16 heavy (non-hydrogen) atoms. The number of rotatable bonds is 4. The van der Waals surface area contributed by atoms with Gasteiger partial charge in [-0.3, -0.25) is 4.98 Å². The fraction of sp³-hybridized carbons (Fsp3) is 0.357. The third-order valence-electron chi connectivity index (χ3n) is 2.87. The van der Waals surface area contributed by atoms with Crippen molar-refractivity contribution in [3.63, 3.8) is 0 Å². The minimum Gasteiger partial charge on any atom is -0.323 e. The molecule has 0 bridgehead atoms. The number of pyridine rings is 1. The molecular formula is C14H18N2. The van der Waals surface area contributed by atoms with E-state index in [0.717, 1.165) is 24.1 Å². The minimum atomic E-state index is 0.0737. The topological polar surface area (TPSA) is 38.9 Å². The van der Waals surface area contributed by atoms with Crippen LogP contribution < -0.4 is 5.73 Å². The van der Waals surface area contributed by atoms with Crippen LogP contribution in [-0.2, 0) is 0 Å². The molecule has 84 valence electrons. The third-order valence-corrected chi connectivity index (χ3v) is 2.87. The average molecular weight is 214 g/mol. The highest BCUT2D eigenvalue weighted by Crippen LogP contribution is 2.18. The molecule has 0 amide bonds. The monoisotopic (exact) mass is 214 g/mol. The van der Waals surface area contributed by atoms with Gasteiger partial charge in [-0.15, -0.1) is 0 Å². The molecule has 0 fully saturated rings. The van der Waals surface area contributed by atoms with Gasteiger partial charge >= 0.3 is 0 Å². The van der Waals surface area contributed by atoms with Gasteiger partial charge in [-0.1, -0.05) is 44.0 Å². The summed E-state index contributed by atoms with van der Waals surface area (Å²) in [7, 11) is 0. The first-order chi connectivity index (χ1) is 7.81. The Morgan fingerprint density at radius 3 is 2.81 bits per heavy atom. The first kappa shape index (κ1) is 11.1. The van der Waals surface area contributed by atoms with Gasteiger partial charge in [-0.25, -0.2) is 0 Å². The number of nitrogens with two attached hydrogens (primary N) is 1. The van der Waals surface area contributed by atoms with E-state index in [-0.39, 0.29) is 6.04 Å². The summed E-state index contributed by atoms with van der Waals surface area (Å²) >= 11 is 0. The predicted octanol–water partition coefficient (Wildman–Crippen LogP) is 3.42. The number of hydrogen-bond acceptors (Lipinski definition) is 2. The van der Waals surface area contributed by atoms with E-state index in [1.165, 1.54) is 11.8 Å². The second-order valence-electron chi connectivity index (χ2n) is 4.18. The van der Waals surface area contributed by atoms with Crippen molar-refractivity contribution in [2.24, 2.45) is 5.73 Å². The lowest BCUT2D eigenvalue weighted by atomic mass is 10.1. The van der Waals surface area contributed by atoms with Crippen molar-refractivity contribution in [3.05, 3.63) is 42.1 Å². The first-order valence-electron chi connectivity index (χ1n) is 5.92. The largest absolute Gasteiger partial charge is 0.323 e. The molecule has 1 aromatic carbocycles. The van der Waals surface area contributed by atoms with Crippen molar-refractivity contribution in [1.29, 1.82) is 0 Å². The number of unbranched alkanes of at least 4 members (excludes halogenated alkanes) is 1. The highest BCUT2D eigenvalue weighted by atomic mass is 14.8. The van der Waals surface area contributed by atoms with Gasteiger partial charge in [0.2, 0.25) is 0 Å². The molecule has 1 aromatic heterocycles. The maximum absolute atomic E-state index is 6.11. The summed E-state index contributed by atoms with van der Waals surface area (Å²) < 4.78 is 0. The Morgan fingerprint density at radius 2 is 2.00 bits per heavy atom. The maximum Gasteiger partial charge on any atom is 0.0706 e. The lowest BCUT2D eigenvalue weighted by Gasteiger charge is -2.10. The van der Waals surface area contributed by atoms with Crippen LogP contribution in [-0.4, -0.2) is 4.98 Å². The fourth-order valence-corrected chi connectivity index (χ4v) is 1.86. The number of aromatic nitrogens is 1. The summed E-state index contributed by atoms with van der Waals surface area (Å²) in [6.45, 7) is 2.18. The van der Waals surface area contributed by atoms with Gasteiger partial charge in [0.05, 0.1) is 11.2 Å². The molecule has 0 saturated carbocycles. The van der Waals surface area contributed by atoms with Crippen molar-refractivity contribution in [3.8, 4) is 0 Å². The van der Waals surface area contributed by atoms with E-state index >= 15 is 0 Å². The van der Waals surface area contributed by atoms with E-state index in [4.69, 9.17) is 5.73 Å². The van der Waals surface area contributed by atoms with Crippen molar-refractivity contribution in [2.45, 2.75) is 32.2 Å². The molecule has 2 nitrogen and oxygen atoms in total. The molecule has 0 aliphatic carbocycles. The van der Waals surface area contributed by atoms with Crippen LogP contribution in [0.5, 0.6) is 0 Å². The molecular weight excluding hydrogens is 196 g/mol. The summed E-state index contributed by atoms with van der Waals surface area (Å²) in [5.74, 6) is 0. The fourth-order valence-electron chi connectivity index (χ4n) is 1.86. The van der Waals surface area contributed by atoms with Crippen molar-refractivity contribution < 1.29 is 0 Å². The van der Waals surface area contributed by atoms with E-state index in [1.54, 1.807) is 0 Å². The second-order valence-corrected chi connectivity index (χ2v) is 4.18. The lowest BCUT2D eigenvalue weighted by Crippen LogP contribution is -2.11. The van der Waals surface area contributed by atoms with Crippen LogP contribution in [0.3, 0.4) is 0 Å². The number of nitrogens with zero attached hydrogens (tertiary/aromatic N) is 1. The second kappa shape index (κ2) is 5.08. The first-order valence-corrected chi connectivity index (χ1v) is 5.92. The summed E-state index contributed by atoms with van der Waals surface area (Å²) in [5, 5.41) is 1.17. The quantitative estimate of drug-likeness (QED) is 0.846. The lowest BCUT2D eigenvalue weighted by molar-refractivity contribution is 0.592. The van der Waals surface area contributed by atoms with Crippen LogP contribution in [0.15, 0.2) is 36.4 Å². The molecule has 2 aromatic rings. The van der Waals surface area contributed by atoms with Gasteiger partial charge in [0, 0.05) is 11.4 Å². The Labute approximate surface area is 96.5 Å². The molecule has 2 N–H and O–H groups in total. The minimum absolute atomic E-state index is 0.0737. The van der Waals surface area contributed by atoms with Gasteiger partial charge in [-0.2, -0.15) is 0 Å². The maximum atomic E-state index is 6.11. The number of benzene rings is 1. The van der Waals surface area contributed by atoms with Crippen LogP contribution in [0.4, 0.5) is 0 Å². The molecule has 0 unspecified atom stereocenters. The third kappa shape index (κ3) is 2.39.